The zero-order valence-corrected chi connectivity index (χ0v) is 73.9. The molecular weight excluding hydrogens is 1800 g/mol. The molecule has 7 rings (SSSR count). The minimum atomic E-state index is -3.82. The predicted octanol–water partition coefficient (Wildman–Crippen LogP) is -12.8. The Morgan fingerprint density at radius 1 is 0.421 bits per heavy atom. The molecule has 0 aromatic rings. The van der Waals surface area contributed by atoms with Gasteiger partial charge in [0, 0.05) is 53.9 Å². The molecule has 0 aromatic carbocycles. The first-order valence-corrected chi connectivity index (χ1v) is 43.7. The second-order valence-corrected chi connectivity index (χ2v) is 33.9. The zero-order valence-electron chi connectivity index (χ0n) is 73.9. The third-order valence-electron chi connectivity index (χ3n) is 23.8. The molecule has 7 saturated heterocycles. The second-order valence-electron chi connectivity index (χ2n) is 33.9. The molecule has 0 radical (unpaired) electrons. The Balaban J connectivity index is 1.29. The number of aliphatic carboxylic acids is 3. The Bertz CT molecular complexity index is 3680. The standard InChI is InChI=1S/C80H133N5O48/c1-7-8-9-10-11-12-13-14-15-16-17-18-19-20-39(98)38(81-32-92)30-120-72-60(110)59(109)63(48(28-90)123-72)125-74-62(112)70(133-80(77(117)118)23-42(101)52(84-35(4)95)68(131-80)58(108)47(27-89)128-78(75(113)114)21-40(99)51(83-34(3)94)67(129-78)55(105)44(103)31-119-37(6)97)64(49(29-91)124-74)126-71-53(85-36(5)96)65(56(106)45(25-87)121-71)127-73-61(111)69(57(107)46(26-88)122-73)132-79(76(115)116)22-41(100)50(82-33(2)93)66(130-79)54(104)43(102)24-86/h19-20,32,38-74,86-91,98-112H,7-18,21-31H2,1-6H3,(H,81,92)(H,82,93)(H,83,94)(H,84,95)(H,85,96)(H,113,114)(H,115,116)(H,117,118)/b20-19+/t38-,39+,40-,41-,42-,43+,44+,45+,46+,47+,48+,49+,50+,51+,52+,53+,54+,55+,56-,57-,58+,59+,60+,61+,62+,63+,64-,65+,66+,67+,68+,69-,70+,71-,72+,73-,74-,78+,79-,80-/m0/s1. The first kappa shape index (κ1) is 114. The number of hydrogen-bond donors (Lipinski definition) is 29. The van der Waals surface area contributed by atoms with Gasteiger partial charge in [0.1, 0.15) is 159 Å². The van der Waals surface area contributed by atoms with E-state index in [-0.39, 0.29) is 6.41 Å². The molecule has 29 N–H and O–H groups in total. The molecule has 0 spiro atoms. The largest absolute Gasteiger partial charge is 0.477 e. The summed E-state index contributed by atoms with van der Waals surface area (Å²) in [6.07, 6.45) is -64.6. The fourth-order valence-electron chi connectivity index (χ4n) is 16.9. The molecule has 7 aliphatic rings. The summed E-state index contributed by atoms with van der Waals surface area (Å²) >= 11 is 0. The van der Waals surface area contributed by atoms with Gasteiger partial charge in [-0.3, -0.25) is 28.8 Å². The molecule has 7 aliphatic heterocycles. The van der Waals surface area contributed by atoms with Gasteiger partial charge in [-0.2, -0.15) is 0 Å². The zero-order chi connectivity index (χ0) is 99.0. The van der Waals surface area contributed by atoms with Crippen molar-refractivity contribution >= 4 is 53.9 Å². The summed E-state index contributed by atoms with van der Waals surface area (Å²) in [7, 11) is 0. The molecule has 7 heterocycles. The molecule has 0 saturated carbocycles. The van der Waals surface area contributed by atoms with Crippen molar-refractivity contribution in [3.05, 3.63) is 12.2 Å². The van der Waals surface area contributed by atoms with E-state index in [9.17, 15) is 166 Å². The van der Waals surface area contributed by atoms with E-state index in [1.165, 1.54) is 31.8 Å². The number of carboxylic acid groups (broad SMARTS) is 3. The monoisotopic (exact) mass is 1930 g/mol. The van der Waals surface area contributed by atoms with Crippen LogP contribution in [-0.4, -0.2) is 473 Å². The van der Waals surface area contributed by atoms with Gasteiger partial charge in [-0.05, 0) is 12.8 Å². The average molecular weight is 1930 g/mol. The summed E-state index contributed by atoms with van der Waals surface area (Å²) in [4.78, 5) is 117. The molecular formula is C80H133N5O48. The number of ether oxygens (including phenoxy) is 15. The van der Waals surface area contributed by atoms with E-state index in [1.54, 1.807) is 6.08 Å². The van der Waals surface area contributed by atoms with Crippen molar-refractivity contribution in [2.45, 2.75) is 381 Å². The normalized spacial score (nSPS) is 37.9. The lowest BCUT2D eigenvalue weighted by Crippen LogP contribution is -2.73. The quantitative estimate of drug-likeness (QED) is 0.0116. The highest BCUT2D eigenvalue weighted by molar-refractivity contribution is 5.78. The van der Waals surface area contributed by atoms with E-state index >= 15 is 0 Å². The number of nitrogens with one attached hydrogen (secondary N) is 5. The number of allylic oxidation sites excluding steroid dienone is 1. The minimum absolute atomic E-state index is 0.235. The summed E-state index contributed by atoms with van der Waals surface area (Å²) in [5.41, 5.74) is 0. The molecule has 133 heavy (non-hydrogen) atoms. The Morgan fingerprint density at radius 3 is 1.28 bits per heavy atom. The van der Waals surface area contributed by atoms with Crippen LogP contribution in [0, 0.1) is 0 Å². The molecule has 0 bridgehead atoms. The summed E-state index contributed by atoms with van der Waals surface area (Å²) < 4.78 is 88.4. The SMILES string of the molecule is CCCCCCCCCCCCC/C=C/[C@@H](O)[C@H](CO[C@@H]1O[C@H](CO)[C@@H](O[C@@H]2O[C@H](CO)[C@H](O[C@@H]3O[C@H](CO)[C@H](O)[C@H](O[C@@H]4O[C@H](CO)[C@H](O)[C@H](O[C@]5(C(=O)O)C[C@H](O)[C@@H](NC(C)=O)[C@H]([C@H](O)[C@H](O)CO)O5)[C@H]4O)[C@H]3NC(C)=O)[C@H](O[C@]3(C(=O)O)C[C@H](O)[C@@H](NC(C)=O)[C@H]([C@H](O)[C@@H](CO)O[C@]4(C(=O)O)C[C@H](O)[C@@H](NC(C)=O)[C@H]([C@H](O)[C@H](O)COC(C)=O)O4)O3)[C@H]2O)[C@H](O)[C@H]1O)NC=O. The molecule has 40 atom stereocenters. The highest BCUT2D eigenvalue weighted by atomic mass is 16.8. The van der Waals surface area contributed by atoms with E-state index in [2.05, 4.69) is 33.5 Å². The van der Waals surface area contributed by atoms with E-state index in [0.29, 0.717) is 6.42 Å². The van der Waals surface area contributed by atoms with Crippen molar-refractivity contribution in [3.8, 4) is 0 Å². The Hall–Kier alpha value is -6.43. The van der Waals surface area contributed by atoms with E-state index in [1.807, 2.05) is 0 Å². The third kappa shape index (κ3) is 29.1. The van der Waals surface area contributed by atoms with Gasteiger partial charge in [-0.25, -0.2) is 14.4 Å². The molecule has 53 nitrogen and oxygen atoms in total. The molecule has 0 aromatic heterocycles. The van der Waals surface area contributed by atoms with E-state index in [0.717, 1.165) is 79.6 Å². The number of aliphatic hydroxyl groups is 21. The Kier molecular flexibility index (Phi) is 44.9. The van der Waals surface area contributed by atoms with Crippen molar-refractivity contribution in [1.29, 1.82) is 0 Å². The lowest BCUT2D eigenvalue weighted by Gasteiger charge is -2.53. The molecule has 7 fully saturated rings. The van der Waals surface area contributed by atoms with Crippen molar-refractivity contribution in [1.82, 2.24) is 26.6 Å². The van der Waals surface area contributed by atoms with Gasteiger partial charge in [-0.15, -0.1) is 0 Å². The number of unbranched alkanes of at least 4 members (excludes halogenated alkanes) is 11. The van der Waals surface area contributed by atoms with Crippen LogP contribution in [0.15, 0.2) is 12.2 Å². The minimum Gasteiger partial charge on any atom is -0.477 e. The van der Waals surface area contributed by atoms with Gasteiger partial charge in [0.25, 0.3) is 17.4 Å². The number of rotatable bonds is 52. The third-order valence-corrected chi connectivity index (χ3v) is 23.8. The number of carbonyl (C=O) groups excluding carboxylic acids is 6. The second kappa shape index (κ2) is 52.5. The predicted molar refractivity (Wildman–Crippen MR) is 432 cm³/mol. The number of carboxylic acids is 3. The molecule has 5 amide bonds. The van der Waals surface area contributed by atoms with Crippen molar-refractivity contribution in [2.24, 2.45) is 0 Å². The number of carbonyl (C=O) groups is 9. The maximum Gasteiger partial charge on any atom is 0.364 e. The summed E-state index contributed by atoms with van der Waals surface area (Å²) in [6.45, 7) is -3.49. The smallest absolute Gasteiger partial charge is 0.364 e. The lowest BCUT2D eigenvalue weighted by atomic mass is 9.87. The summed E-state index contributed by atoms with van der Waals surface area (Å²) in [5.74, 6) is -22.8. The molecule has 0 unspecified atom stereocenters. The highest BCUT2D eigenvalue weighted by Gasteiger charge is 2.66. The van der Waals surface area contributed by atoms with Gasteiger partial charge in [-0.1, -0.05) is 83.3 Å². The molecule has 766 valence electrons. The van der Waals surface area contributed by atoms with Crippen LogP contribution in [0.5, 0.6) is 0 Å². The average Bonchev–Trinajstić information content (AvgIpc) is 0.747. The van der Waals surface area contributed by atoms with Gasteiger partial charge in [0.05, 0.1) is 94.8 Å². The summed E-state index contributed by atoms with van der Waals surface area (Å²) in [6, 6.07) is -9.44. The van der Waals surface area contributed by atoms with Gasteiger partial charge < -0.3 is 220 Å². The first-order chi connectivity index (χ1) is 62.8. The van der Waals surface area contributed by atoms with Crippen molar-refractivity contribution in [3.63, 3.8) is 0 Å². The summed E-state index contributed by atoms with van der Waals surface area (Å²) in [5, 5.41) is 286. The van der Waals surface area contributed by atoms with Gasteiger partial charge in [0.15, 0.2) is 25.2 Å². The van der Waals surface area contributed by atoms with Crippen LogP contribution < -0.4 is 26.6 Å². The first-order valence-electron chi connectivity index (χ1n) is 43.7. The van der Waals surface area contributed by atoms with Crippen LogP contribution >= 0.6 is 0 Å². The van der Waals surface area contributed by atoms with Gasteiger partial charge in [0.2, 0.25) is 30.0 Å². The van der Waals surface area contributed by atoms with Crippen LogP contribution in [0.4, 0.5) is 0 Å². The molecule has 53 heteroatoms. The number of esters is 1. The van der Waals surface area contributed by atoms with Crippen molar-refractivity contribution < 1.29 is 237 Å². The van der Waals surface area contributed by atoms with Crippen LogP contribution in [0.2, 0.25) is 0 Å². The number of hydrogen-bond acceptors (Lipinski definition) is 45. The Morgan fingerprint density at radius 2 is 0.820 bits per heavy atom. The van der Waals surface area contributed by atoms with Crippen LogP contribution in [0.3, 0.4) is 0 Å². The molecule has 0 aliphatic carbocycles. The van der Waals surface area contributed by atoms with Crippen LogP contribution in [-0.2, 0) is 114 Å². The maximum atomic E-state index is 14.5. The van der Waals surface area contributed by atoms with Crippen LogP contribution in [0.25, 0.3) is 0 Å². The van der Waals surface area contributed by atoms with Gasteiger partial charge >= 0.3 is 23.9 Å². The van der Waals surface area contributed by atoms with E-state index in [4.69, 9.17) is 71.1 Å². The highest BCUT2D eigenvalue weighted by Crippen LogP contribution is 2.45. The fraction of sp³-hybridized carbons (Fsp3) is 0.863. The number of aliphatic hydroxyl groups excluding tert-OH is 21. The van der Waals surface area contributed by atoms with Crippen LogP contribution in [0.1, 0.15) is 138 Å². The van der Waals surface area contributed by atoms with Crippen molar-refractivity contribution in [2.75, 3.05) is 52.9 Å². The lowest BCUT2D eigenvalue weighted by molar-refractivity contribution is -0.405. The maximum absolute atomic E-state index is 14.5. The fourth-order valence-corrected chi connectivity index (χ4v) is 16.9. The number of amides is 5. The topological polar surface area (TPSA) is 838 Å². The Labute approximate surface area is 761 Å². The van der Waals surface area contributed by atoms with E-state index < -0.39 is 363 Å².